The van der Waals surface area contributed by atoms with Crippen molar-refractivity contribution in [2.75, 3.05) is 6.54 Å². The first-order chi connectivity index (χ1) is 10.5. The second-order valence-electron chi connectivity index (χ2n) is 5.20. The van der Waals surface area contributed by atoms with Gasteiger partial charge in [-0.05, 0) is 30.5 Å². The molecule has 0 aliphatic rings. The third kappa shape index (κ3) is 5.01. The topological polar surface area (TPSA) is 91.6 Å². The molecule has 0 radical (unpaired) electrons. The standard InChI is InChI=1S/C15H18N2O4S/c1-15(20,8-11-4-2-6-21-11)10-17-14(19)13(18)16-9-12-5-3-7-22-12/h2-7,20H,8-10H2,1H3,(H,16,18)(H,17,19)/t15-/m0/s1. The van der Waals surface area contributed by atoms with E-state index >= 15 is 0 Å². The second-order valence-corrected chi connectivity index (χ2v) is 6.23. The van der Waals surface area contributed by atoms with Crippen LogP contribution in [0, 0.1) is 0 Å². The van der Waals surface area contributed by atoms with Gasteiger partial charge in [0.05, 0.1) is 18.4 Å². The van der Waals surface area contributed by atoms with E-state index in [4.69, 9.17) is 4.42 Å². The van der Waals surface area contributed by atoms with Crippen LogP contribution in [0.4, 0.5) is 0 Å². The van der Waals surface area contributed by atoms with E-state index < -0.39 is 17.4 Å². The average molecular weight is 322 g/mol. The number of hydrogen-bond donors (Lipinski definition) is 3. The molecule has 3 N–H and O–H groups in total. The van der Waals surface area contributed by atoms with Crippen LogP contribution in [0.25, 0.3) is 0 Å². The van der Waals surface area contributed by atoms with Gasteiger partial charge >= 0.3 is 11.8 Å². The van der Waals surface area contributed by atoms with Crippen LogP contribution in [-0.4, -0.2) is 29.1 Å². The van der Waals surface area contributed by atoms with Gasteiger partial charge in [0.15, 0.2) is 0 Å². The normalized spacial score (nSPS) is 13.4. The van der Waals surface area contributed by atoms with Gasteiger partial charge in [0, 0.05) is 17.8 Å². The van der Waals surface area contributed by atoms with Crippen LogP contribution in [0.2, 0.25) is 0 Å². The zero-order valence-corrected chi connectivity index (χ0v) is 13.0. The van der Waals surface area contributed by atoms with E-state index in [1.165, 1.54) is 17.6 Å². The van der Waals surface area contributed by atoms with Gasteiger partial charge in [-0.1, -0.05) is 6.07 Å². The minimum absolute atomic E-state index is 0.0427. The SMILES string of the molecule is C[C@@](O)(CNC(=O)C(=O)NCc1cccs1)Cc1ccco1. The van der Waals surface area contributed by atoms with E-state index in [0.29, 0.717) is 12.3 Å². The summed E-state index contributed by atoms with van der Waals surface area (Å²) in [4.78, 5) is 24.3. The van der Waals surface area contributed by atoms with Crippen LogP contribution in [0.3, 0.4) is 0 Å². The number of carbonyl (C=O) groups excluding carboxylic acids is 2. The van der Waals surface area contributed by atoms with Crippen LogP contribution in [0.1, 0.15) is 17.6 Å². The van der Waals surface area contributed by atoms with Crippen molar-refractivity contribution in [2.45, 2.75) is 25.5 Å². The minimum Gasteiger partial charge on any atom is -0.469 e. The molecule has 0 spiro atoms. The monoisotopic (exact) mass is 322 g/mol. The largest absolute Gasteiger partial charge is 0.469 e. The number of aliphatic hydroxyl groups is 1. The van der Waals surface area contributed by atoms with Crippen molar-refractivity contribution in [3.05, 3.63) is 46.5 Å². The lowest BCUT2D eigenvalue weighted by Gasteiger charge is -2.22. The van der Waals surface area contributed by atoms with Gasteiger partial charge in [-0.25, -0.2) is 0 Å². The van der Waals surface area contributed by atoms with Gasteiger partial charge in [0.25, 0.3) is 0 Å². The average Bonchev–Trinajstić information content (AvgIpc) is 3.15. The van der Waals surface area contributed by atoms with Crippen LogP contribution in [0.5, 0.6) is 0 Å². The molecular formula is C15H18N2O4S. The maximum atomic E-state index is 11.7. The maximum Gasteiger partial charge on any atom is 0.309 e. The van der Waals surface area contributed by atoms with Gasteiger partial charge in [-0.15, -0.1) is 11.3 Å². The molecule has 1 atom stereocenters. The maximum absolute atomic E-state index is 11.7. The van der Waals surface area contributed by atoms with E-state index in [0.717, 1.165) is 4.88 Å². The Morgan fingerprint density at radius 3 is 2.68 bits per heavy atom. The highest BCUT2D eigenvalue weighted by Crippen LogP contribution is 2.12. The Labute approximate surface area is 132 Å². The van der Waals surface area contributed by atoms with E-state index in [2.05, 4.69) is 10.6 Å². The number of hydrogen-bond acceptors (Lipinski definition) is 5. The minimum atomic E-state index is -1.19. The molecule has 0 unspecified atom stereocenters. The van der Waals surface area contributed by atoms with Gasteiger partial charge in [0.2, 0.25) is 0 Å². The molecule has 2 aromatic rings. The Kier molecular flexibility index (Phi) is 5.35. The van der Waals surface area contributed by atoms with E-state index in [1.807, 2.05) is 17.5 Å². The lowest BCUT2D eigenvalue weighted by atomic mass is 10.0. The summed E-state index contributed by atoms with van der Waals surface area (Å²) in [5.74, 6) is -0.875. The lowest BCUT2D eigenvalue weighted by Crippen LogP contribution is -2.47. The molecule has 0 saturated heterocycles. The van der Waals surface area contributed by atoms with Gasteiger partial charge in [0.1, 0.15) is 5.76 Å². The van der Waals surface area contributed by atoms with Crippen molar-refractivity contribution in [1.29, 1.82) is 0 Å². The number of amides is 2. The second kappa shape index (κ2) is 7.24. The summed E-state index contributed by atoms with van der Waals surface area (Å²) in [6, 6.07) is 7.21. The molecular weight excluding hydrogens is 304 g/mol. The molecule has 0 fully saturated rings. The lowest BCUT2D eigenvalue weighted by molar-refractivity contribution is -0.139. The van der Waals surface area contributed by atoms with E-state index in [9.17, 15) is 14.7 Å². The summed E-state index contributed by atoms with van der Waals surface area (Å²) in [6.45, 7) is 1.84. The molecule has 0 aliphatic heterocycles. The van der Waals surface area contributed by atoms with Crippen molar-refractivity contribution in [3.8, 4) is 0 Å². The zero-order valence-electron chi connectivity index (χ0n) is 12.2. The van der Waals surface area contributed by atoms with Crippen LogP contribution in [-0.2, 0) is 22.6 Å². The molecule has 2 rings (SSSR count). The fourth-order valence-electron chi connectivity index (χ4n) is 1.86. The number of thiophene rings is 1. The third-order valence-electron chi connectivity index (χ3n) is 2.97. The summed E-state index contributed by atoms with van der Waals surface area (Å²) in [5, 5.41) is 17.0. The highest BCUT2D eigenvalue weighted by molar-refractivity contribution is 7.09. The summed E-state index contributed by atoms with van der Waals surface area (Å²) in [5.41, 5.74) is -1.19. The summed E-state index contributed by atoms with van der Waals surface area (Å²) >= 11 is 1.50. The number of carbonyl (C=O) groups is 2. The Balaban J connectivity index is 1.75. The van der Waals surface area contributed by atoms with E-state index in [-0.39, 0.29) is 13.0 Å². The fourth-order valence-corrected chi connectivity index (χ4v) is 2.51. The molecule has 2 heterocycles. The molecule has 118 valence electrons. The van der Waals surface area contributed by atoms with Gasteiger partial charge in [-0.2, -0.15) is 0 Å². The molecule has 0 aromatic carbocycles. The zero-order chi connectivity index (χ0) is 16.0. The molecule has 22 heavy (non-hydrogen) atoms. The molecule has 0 bridgehead atoms. The van der Waals surface area contributed by atoms with Crippen LogP contribution in [0.15, 0.2) is 40.3 Å². The highest BCUT2D eigenvalue weighted by Gasteiger charge is 2.24. The fraction of sp³-hybridized carbons (Fsp3) is 0.333. The highest BCUT2D eigenvalue weighted by atomic mass is 32.1. The number of nitrogens with one attached hydrogen (secondary N) is 2. The van der Waals surface area contributed by atoms with Crippen molar-refractivity contribution in [3.63, 3.8) is 0 Å². The molecule has 2 aromatic heterocycles. The number of furan rings is 1. The van der Waals surface area contributed by atoms with Crippen molar-refractivity contribution in [2.24, 2.45) is 0 Å². The Morgan fingerprint density at radius 2 is 2.05 bits per heavy atom. The van der Waals surface area contributed by atoms with Crippen molar-refractivity contribution < 1.29 is 19.1 Å². The summed E-state index contributed by atoms with van der Waals surface area (Å²) in [6.07, 6.45) is 1.76. The van der Waals surface area contributed by atoms with Crippen LogP contribution >= 0.6 is 11.3 Å². The van der Waals surface area contributed by atoms with E-state index in [1.54, 1.807) is 19.1 Å². The predicted octanol–water partition coefficient (Wildman–Crippen LogP) is 1.07. The Morgan fingerprint density at radius 1 is 1.27 bits per heavy atom. The van der Waals surface area contributed by atoms with Crippen molar-refractivity contribution >= 4 is 23.2 Å². The van der Waals surface area contributed by atoms with Crippen molar-refractivity contribution in [1.82, 2.24) is 10.6 Å². The summed E-state index contributed by atoms with van der Waals surface area (Å²) in [7, 11) is 0. The first-order valence-corrected chi connectivity index (χ1v) is 7.67. The first-order valence-electron chi connectivity index (χ1n) is 6.79. The smallest absolute Gasteiger partial charge is 0.309 e. The molecule has 0 aliphatic carbocycles. The summed E-state index contributed by atoms with van der Waals surface area (Å²) < 4.78 is 5.15. The molecule has 6 nitrogen and oxygen atoms in total. The van der Waals surface area contributed by atoms with Gasteiger partial charge < -0.3 is 20.2 Å². The predicted molar refractivity (Wildman–Crippen MR) is 82.2 cm³/mol. The first kappa shape index (κ1) is 16.3. The quantitative estimate of drug-likeness (QED) is 0.694. The molecule has 7 heteroatoms. The number of rotatable bonds is 6. The van der Waals surface area contributed by atoms with Crippen LogP contribution < -0.4 is 10.6 Å². The molecule has 2 amide bonds. The Bertz CT molecular complexity index is 606. The van der Waals surface area contributed by atoms with Gasteiger partial charge in [-0.3, -0.25) is 9.59 Å². The molecule has 0 saturated carbocycles. The third-order valence-corrected chi connectivity index (χ3v) is 3.85. The Hall–Kier alpha value is -2.12.